The van der Waals surface area contributed by atoms with Gasteiger partial charge in [-0.25, -0.2) is 9.78 Å². The molecule has 0 aliphatic heterocycles. The lowest BCUT2D eigenvalue weighted by Crippen LogP contribution is -2.15. The molecular formula is C16H15ClN2O3S. The first-order valence-corrected chi connectivity index (χ1v) is 8.18. The zero-order valence-electron chi connectivity index (χ0n) is 12.4. The second kappa shape index (κ2) is 8.55. The van der Waals surface area contributed by atoms with Crippen molar-refractivity contribution in [2.24, 2.45) is 0 Å². The van der Waals surface area contributed by atoms with Crippen LogP contribution in [0.1, 0.15) is 16.8 Å². The lowest BCUT2D eigenvalue weighted by molar-refractivity contribution is -0.115. The van der Waals surface area contributed by atoms with E-state index in [1.807, 2.05) is 18.2 Å². The third-order valence-electron chi connectivity index (χ3n) is 2.88. The number of nitrogens with one attached hydrogen (secondary N) is 1. The lowest BCUT2D eigenvalue weighted by Gasteiger charge is -2.10. The van der Waals surface area contributed by atoms with Crippen LogP contribution in [0.3, 0.4) is 0 Å². The molecule has 0 saturated heterocycles. The number of rotatable bonds is 6. The second-order valence-electron chi connectivity index (χ2n) is 4.50. The summed E-state index contributed by atoms with van der Waals surface area (Å²) in [7, 11) is 1.28. The van der Waals surface area contributed by atoms with Gasteiger partial charge in [-0.3, -0.25) is 4.79 Å². The Hall–Kier alpha value is -2.05. The number of thioether (sulfide) groups is 1. The Labute approximate surface area is 143 Å². The Morgan fingerprint density at radius 2 is 2.13 bits per heavy atom. The van der Waals surface area contributed by atoms with Gasteiger partial charge in [-0.15, -0.1) is 11.8 Å². The number of halogens is 1. The first-order chi connectivity index (χ1) is 11.1. The third kappa shape index (κ3) is 5.26. The maximum atomic E-state index is 12.0. The molecule has 23 heavy (non-hydrogen) atoms. The molecule has 5 nitrogen and oxygen atoms in total. The monoisotopic (exact) mass is 350 g/mol. The number of hydrogen-bond donors (Lipinski definition) is 1. The topological polar surface area (TPSA) is 68.3 Å². The molecule has 0 aliphatic carbocycles. The van der Waals surface area contributed by atoms with Gasteiger partial charge in [0.15, 0.2) is 0 Å². The van der Waals surface area contributed by atoms with Crippen molar-refractivity contribution in [1.82, 2.24) is 4.98 Å². The van der Waals surface area contributed by atoms with E-state index in [0.29, 0.717) is 22.9 Å². The van der Waals surface area contributed by atoms with Crippen molar-refractivity contribution in [3.05, 3.63) is 53.2 Å². The molecule has 0 radical (unpaired) electrons. The average Bonchev–Trinajstić information content (AvgIpc) is 2.56. The molecular weight excluding hydrogens is 336 g/mol. The number of pyridine rings is 1. The molecule has 1 aromatic heterocycles. The predicted octanol–water partition coefficient (Wildman–Crippen LogP) is 3.64. The van der Waals surface area contributed by atoms with Gasteiger partial charge in [-0.1, -0.05) is 17.7 Å². The number of nitrogens with zero attached hydrogens (tertiary/aromatic N) is 1. The van der Waals surface area contributed by atoms with Crippen molar-refractivity contribution in [2.75, 3.05) is 18.2 Å². The van der Waals surface area contributed by atoms with Crippen molar-refractivity contribution < 1.29 is 14.3 Å². The predicted molar refractivity (Wildman–Crippen MR) is 91.0 cm³/mol. The Morgan fingerprint density at radius 3 is 2.83 bits per heavy atom. The molecule has 0 saturated carbocycles. The van der Waals surface area contributed by atoms with E-state index in [1.54, 1.807) is 18.3 Å². The van der Waals surface area contributed by atoms with Crippen molar-refractivity contribution >= 4 is 40.9 Å². The van der Waals surface area contributed by atoms with E-state index < -0.39 is 5.97 Å². The van der Waals surface area contributed by atoms with Crippen LogP contribution in [0, 0.1) is 0 Å². The molecule has 0 unspecified atom stereocenters. The number of methoxy groups -OCH3 is 1. The first kappa shape index (κ1) is 17.3. The molecule has 2 aromatic rings. The smallest absolute Gasteiger partial charge is 0.340 e. The van der Waals surface area contributed by atoms with Crippen molar-refractivity contribution in [1.29, 1.82) is 0 Å². The summed E-state index contributed by atoms with van der Waals surface area (Å²) >= 11 is 7.37. The molecule has 1 aromatic carbocycles. The van der Waals surface area contributed by atoms with Gasteiger partial charge in [0.25, 0.3) is 0 Å². The van der Waals surface area contributed by atoms with Gasteiger partial charge in [-0.2, -0.15) is 0 Å². The van der Waals surface area contributed by atoms with Crippen LogP contribution < -0.4 is 5.32 Å². The van der Waals surface area contributed by atoms with Gasteiger partial charge in [0, 0.05) is 23.4 Å². The fourth-order valence-corrected chi connectivity index (χ4v) is 2.78. The molecule has 1 heterocycles. The number of anilines is 1. The van der Waals surface area contributed by atoms with Crippen molar-refractivity contribution in [3.63, 3.8) is 0 Å². The van der Waals surface area contributed by atoms with Crippen LogP contribution in [-0.2, 0) is 9.53 Å². The molecule has 0 aliphatic rings. The number of esters is 1. The highest BCUT2D eigenvalue weighted by atomic mass is 35.5. The van der Waals surface area contributed by atoms with Crippen LogP contribution in [0.4, 0.5) is 5.69 Å². The normalized spacial score (nSPS) is 10.2. The summed E-state index contributed by atoms with van der Waals surface area (Å²) in [5.41, 5.74) is 0.611. The number of ether oxygens (including phenoxy) is 1. The van der Waals surface area contributed by atoms with E-state index in [-0.39, 0.29) is 11.5 Å². The Kier molecular flexibility index (Phi) is 6.43. The fourth-order valence-electron chi connectivity index (χ4n) is 1.80. The highest BCUT2D eigenvalue weighted by Crippen LogP contribution is 2.22. The van der Waals surface area contributed by atoms with E-state index in [1.165, 1.54) is 24.9 Å². The van der Waals surface area contributed by atoms with Crippen LogP contribution in [0.2, 0.25) is 5.02 Å². The molecule has 1 N–H and O–H groups in total. The van der Waals surface area contributed by atoms with Crippen LogP contribution in [0.15, 0.2) is 47.6 Å². The van der Waals surface area contributed by atoms with Gasteiger partial charge < -0.3 is 10.1 Å². The van der Waals surface area contributed by atoms with Gasteiger partial charge in [-0.05, 0) is 30.3 Å². The average molecular weight is 351 g/mol. The molecule has 1 amide bonds. The summed E-state index contributed by atoms with van der Waals surface area (Å²) in [5, 5.41) is 3.97. The number of amides is 1. The molecule has 0 spiro atoms. The zero-order valence-corrected chi connectivity index (χ0v) is 14.0. The number of aromatic nitrogens is 1. The van der Waals surface area contributed by atoms with Crippen LogP contribution in [0.5, 0.6) is 0 Å². The van der Waals surface area contributed by atoms with Crippen LogP contribution in [0.25, 0.3) is 0 Å². The van der Waals surface area contributed by atoms with Crippen molar-refractivity contribution in [2.45, 2.75) is 11.4 Å². The first-order valence-electron chi connectivity index (χ1n) is 6.81. The minimum absolute atomic E-state index is 0.194. The molecule has 0 bridgehead atoms. The standard InChI is InChI=1S/C16H15ClN2O3S/c1-22-16(21)12-10-11(17)5-6-13(12)19-14(20)7-9-23-15-4-2-3-8-18-15/h2-6,8,10H,7,9H2,1H3,(H,19,20). The second-order valence-corrected chi connectivity index (χ2v) is 6.05. The third-order valence-corrected chi connectivity index (χ3v) is 4.06. The zero-order chi connectivity index (χ0) is 16.7. The fraction of sp³-hybridized carbons (Fsp3) is 0.188. The minimum atomic E-state index is -0.550. The quantitative estimate of drug-likeness (QED) is 0.636. The van der Waals surface area contributed by atoms with E-state index in [4.69, 9.17) is 16.3 Å². The van der Waals surface area contributed by atoms with Gasteiger partial charge >= 0.3 is 5.97 Å². The summed E-state index contributed by atoms with van der Waals surface area (Å²) in [6.45, 7) is 0. The highest BCUT2D eigenvalue weighted by Gasteiger charge is 2.14. The molecule has 120 valence electrons. The van der Waals surface area contributed by atoms with Gasteiger partial charge in [0.1, 0.15) is 0 Å². The van der Waals surface area contributed by atoms with Crippen LogP contribution in [-0.4, -0.2) is 29.7 Å². The summed E-state index contributed by atoms with van der Waals surface area (Å²) < 4.78 is 4.69. The molecule has 7 heteroatoms. The number of carbonyl (C=O) groups excluding carboxylic acids is 2. The summed E-state index contributed by atoms with van der Waals surface area (Å²) in [5.74, 6) is -0.157. The molecule has 2 rings (SSSR count). The van der Waals surface area contributed by atoms with E-state index >= 15 is 0 Å². The number of benzene rings is 1. The Morgan fingerprint density at radius 1 is 1.30 bits per heavy atom. The van der Waals surface area contributed by atoms with Gasteiger partial charge in [0.05, 0.1) is 23.4 Å². The minimum Gasteiger partial charge on any atom is -0.465 e. The summed E-state index contributed by atoms with van der Waals surface area (Å²) in [4.78, 5) is 27.9. The van der Waals surface area contributed by atoms with Gasteiger partial charge in [0.2, 0.25) is 5.91 Å². The molecule has 0 atom stereocenters. The highest BCUT2D eigenvalue weighted by molar-refractivity contribution is 7.99. The Bertz CT molecular complexity index is 695. The van der Waals surface area contributed by atoms with Crippen LogP contribution >= 0.6 is 23.4 Å². The Balaban J connectivity index is 1.93. The van der Waals surface area contributed by atoms with E-state index in [9.17, 15) is 9.59 Å². The lowest BCUT2D eigenvalue weighted by atomic mass is 10.1. The van der Waals surface area contributed by atoms with Crippen molar-refractivity contribution in [3.8, 4) is 0 Å². The number of carbonyl (C=O) groups is 2. The maximum Gasteiger partial charge on any atom is 0.340 e. The van der Waals surface area contributed by atoms with E-state index in [0.717, 1.165) is 5.03 Å². The number of hydrogen-bond acceptors (Lipinski definition) is 5. The van der Waals surface area contributed by atoms with E-state index in [2.05, 4.69) is 10.3 Å². The summed E-state index contributed by atoms with van der Waals surface area (Å²) in [6, 6.07) is 10.3. The largest absolute Gasteiger partial charge is 0.465 e. The molecule has 0 fully saturated rings. The maximum absolute atomic E-state index is 12.0. The summed E-state index contributed by atoms with van der Waals surface area (Å²) in [6.07, 6.45) is 2.00. The SMILES string of the molecule is COC(=O)c1cc(Cl)ccc1NC(=O)CCSc1ccccn1.